The fourth-order valence-electron chi connectivity index (χ4n) is 7.63. The Bertz CT molecular complexity index is 698. The van der Waals surface area contributed by atoms with E-state index >= 15 is 0 Å². The standard InChI is InChI=1S/C24H32O3/c25-21(23-13-16-9-17(14-23)11-18(10-16)15-23)12-19-5-4-6-20-22(19)27-24(26-20)7-2-1-3-8-24/h4-6,16-18,21,25H,1-3,7-15H2/t16?,17?,18?,21-,23?/m0/s1. The first-order valence-corrected chi connectivity index (χ1v) is 11.3. The predicted octanol–water partition coefficient (Wildman–Crippen LogP) is 5.24. The van der Waals surface area contributed by atoms with Crippen molar-refractivity contribution in [3.63, 3.8) is 0 Å². The highest BCUT2D eigenvalue weighted by molar-refractivity contribution is 5.50. The lowest BCUT2D eigenvalue weighted by atomic mass is 9.48. The Morgan fingerprint density at radius 2 is 1.59 bits per heavy atom. The number of hydrogen-bond acceptors (Lipinski definition) is 3. The second kappa shape index (κ2) is 5.89. The highest BCUT2D eigenvalue weighted by Crippen LogP contribution is 2.62. The lowest BCUT2D eigenvalue weighted by Crippen LogP contribution is -2.52. The SMILES string of the molecule is O[C@@H](Cc1cccc2c1OC1(CCCCC1)O2)C12CC3CC(CC(C3)C1)C2. The molecule has 1 aliphatic heterocycles. The van der Waals surface area contributed by atoms with Crippen molar-refractivity contribution in [1.29, 1.82) is 0 Å². The van der Waals surface area contributed by atoms with Crippen LogP contribution in [0.2, 0.25) is 0 Å². The summed E-state index contributed by atoms with van der Waals surface area (Å²) in [6.45, 7) is 0. The molecule has 0 radical (unpaired) electrons. The van der Waals surface area contributed by atoms with Gasteiger partial charge in [0, 0.05) is 24.8 Å². The highest BCUT2D eigenvalue weighted by atomic mass is 16.7. The molecule has 0 amide bonds. The van der Waals surface area contributed by atoms with Gasteiger partial charge in [0.1, 0.15) is 0 Å². The number of aliphatic hydroxyl groups is 1. The van der Waals surface area contributed by atoms with Crippen LogP contribution in [0.1, 0.15) is 76.2 Å². The Labute approximate surface area is 162 Å². The average molecular weight is 369 g/mol. The van der Waals surface area contributed by atoms with Crippen molar-refractivity contribution < 1.29 is 14.6 Å². The monoisotopic (exact) mass is 368 g/mol. The zero-order chi connectivity index (χ0) is 18.1. The molecule has 1 N–H and O–H groups in total. The number of fused-ring (bicyclic) bond motifs is 1. The first kappa shape index (κ1) is 16.7. The summed E-state index contributed by atoms with van der Waals surface area (Å²) < 4.78 is 12.8. The fraction of sp³-hybridized carbons (Fsp3) is 0.750. The maximum atomic E-state index is 11.4. The van der Waals surface area contributed by atoms with Gasteiger partial charge in [-0.2, -0.15) is 0 Å². The van der Waals surface area contributed by atoms with Crippen molar-refractivity contribution in [2.24, 2.45) is 23.2 Å². The minimum Gasteiger partial charge on any atom is -0.448 e. The minimum absolute atomic E-state index is 0.166. The Balaban J connectivity index is 1.25. The van der Waals surface area contributed by atoms with Gasteiger partial charge in [-0.3, -0.25) is 0 Å². The van der Waals surface area contributed by atoms with E-state index in [9.17, 15) is 5.11 Å². The third kappa shape index (κ3) is 2.64. The van der Waals surface area contributed by atoms with Gasteiger partial charge in [-0.05, 0) is 80.6 Å². The Morgan fingerprint density at radius 3 is 2.26 bits per heavy atom. The smallest absolute Gasteiger partial charge is 0.251 e. The molecule has 5 fully saturated rings. The number of rotatable bonds is 3. The van der Waals surface area contributed by atoms with Crippen LogP contribution in [-0.4, -0.2) is 17.0 Å². The van der Waals surface area contributed by atoms with E-state index in [1.54, 1.807) is 0 Å². The van der Waals surface area contributed by atoms with Crippen LogP contribution >= 0.6 is 0 Å². The molecular formula is C24H32O3. The Morgan fingerprint density at radius 1 is 0.926 bits per heavy atom. The van der Waals surface area contributed by atoms with Crippen LogP contribution in [0, 0.1) is 23.2 Å². The largest absolute Gasteiger partial charge is 0.448 e. The number of benzene rings is 1. The lowest BCUT2D eigenvalue weighted by Gasteiger charge is -2.58. The number of ether oxygens (including phenoxy) is 2. The zero-order valence-corrected chi connectivity index (χ0v) is 16.3. The summed E-state index contributed by atoms with van der Waals surface area (Å²) in [5.74, 6) is 4.00. The van der Waals surface area contributed by atoms with E-state index in [2.05, 4.69) is 12.1 Å². The van der Waals surface area contributed by atoms with Gasteiger partial charge >= 0.3 is 0 Å². The molecule has 5 aliphatic carbocycles. The van der Waals surface area contributed by atoms with E-state index in [0.717, 1.165) is 54.1 Å². The normalized spacial score (nSPS) is 39.1. The third-order valence-corrected chi connectivity index (χ3v) is 8.47. The maximum absolute atomic E-state index is 11.4. The molecule has 0 aromatic heterocycles. The highest BCUT2D eigenvalue weighted by Gasteiger charge is 2.54. The lowest BCUT2D eigenvalue weighted by molar-refractivity contribution is -0.120. The van der Waals surface area contributed by atoms with Crippen molar-refractivity contribution >= 4 is 0 Å². The first-order valence-electron chi connectivity index (χ1n) is 11.3. The Kier molecular flexibility index (Phi) is 3.64. The number of hydrogen-bond donors (Lipinski definition) is 1. The predicted molar refractivity (Wildman–Crippen MR) is 104 cm³/mol. The van der Waals surface area contributed by atoms with Crippen molar-refractivity contribution in [3.05, 3.63) is 23.8 Å². The molecule has 3 nitrogen and oxygen atoms in total. The molecule has 1 aromatic carbocycles. The Hall–Kier alpha value is -1.22. The second-order valence-electron chi connectivity index (χ2n) is 10.4. The summed E-state index contributed by atoms with van der Waals surface area (Å²) in [5.41, 5.74) is 1.32. The van der Waals surface area contributed by atoms with Gasteiger partial charge in [0.05, 0.1) is 6.10 Å². The van der Waals surface area contributed by atoms with Gasteiger partial charge < -0.3 is 14.6 Å². The average Bonchev–Trinajstić information content (AvgIpc) is 2.99. The fourth-order valence-corrected chi connectivity index (χ4v) is 7.63. The maximum Gasteiger partial charge on any atom is 0.251 e. The van der Waals surface area contributed by atoms with Crippen LogP contribution in [0.15, 0.2) is 18.2 Å². The van der Waals surface area contributed by atoms with Gasteiger partial charge in [-0.1, -0.05) is 18.6 Å². The summed E-state index contributed by atoms with van der Waals surface area (Å²) in [6.07, 6.45) is 14.1. The summed E-state index contributed by atoms with van der Waals surface area (Å²) in [5, 5.41) is 11.4. The van der Waals surface area contributed by atoms with Gasteiger partial charge in [-0.15, -0.1) is 0 Å². The molecule has 0 unspecified atom stereocenters. The van der Waals surface area contributed by atoms with Crippen LogP contribution in [0.3, 0.4) is 0 Å². The molecule has 1 heterocycles. The summed E-state index contributed by atoms with van der Waals surface area (Å²) in [4.78, 5) is 0. The van der Waals surface area contributed by atoms with Crippen LogP contribution in [0.5, 0.6) is 11.5 Å². The van der Waals surface area contributed by atoms with Crippen LogP contribution in [0.25, 0.3) is 0 Å². The van der Waals surface area contributed by atoms with E-state index in [4.69, 9.17) is 9.47 Å². The van der Waals surface area contributed by atoms with Crippen LogP contribution < -0.4 is 9.47 Å². The zero-order valence-electron chi connectivity index (χ0n) is 16.3. The number of para-hydroxylation sites is 1. The molecule has 1 spiro atoms. The minimum atomic E-state index is -0.428. The number of aliphatic hydroxyl groups excluding tert-OH is 1. The molecule has 3 heteroatoms. The third-order valence-electron chi connectivity index (χ3n) is 8.47. The molecule has 1 atom stereocenters. The van der Waals surface area contributed by atoms with Gasteiger partial charge in [0.25, 0.3) is 5.79 Å². The molecule has 0 saturated heterocycles. The summed E-state index contributed by atoms with van der Waals surface area (Å²) >= 11 is 0. The van der Waals surface area contributed by atoms with Crippen molar-refractivity contribution in [2.45, 2.75) is 88.9 Å². The van der Waals surface area contributed by atoms with Crippen molar-refractivity contribution in [3.8, 4) is 11.5 Å². The van der Waals surface area contributed by atoms with E-state index in [1.807, 2.05) is 6.07 Å². The van der Waals surface area contributed by atoms with Gasteiger partial charge in [-0.25, -0.2) is 0 Å². The van der Waals surface area contributed by atoms with Crippen molar-refractivity contribution in [2.75, 3.05) is 0 Å². The van der Waals surface area contributed by atoms with Gasteiger partial charge in [0.2, 0.25) is 0 Å². The van der Waals surface area contributed by atoms with E-state index in [0.29, 0.717) is 0 Å². The first-order chi connectivity index (χ1) is 13.1. The molecule has 6 aliphatic rings. The molecular weight excluding hydrogens is 336 g/mol. The molecule has 7 rings (SSSR count). The molecule has 1 aromatic rings. The molecule has 146 valence electrons. The van der Waals surface area contributed by atoms with Crippen LogP contribution in [-0.2, 0) is 6.42 Å². The summed E-state index contributed by atoms with van der Waals surface area (Å²) in [6, 6.07) is 6.26. The molecule has 27 heavy (non-hydrogen) atoms. The summed E-state index contributed by atoms with van der Waals surface area (Å²) in [7, 11) is 0. The van der Waals surface area contributed by atoms with Gasteiger partial charge in [0.15, 0.2) is 11.5 Å². The van der Waals surface area contributed by atoms with E-state index in [-0.39, 0.29) is 11.5 Å². The van der Waals surface area contributed by atoms with E-state index < -0.39 is 5.79 Å². The molecule has 5 saturated carbocycles. The second-order valence-corrected chi connectivity index (χ2v) is 10.4. The van der Waals surface area contributed by atoms with Crippen molar-refractivity contribution in [1.82, 2.24) is 0 Å². The molecule has 4 bridgehead atoms. The van der Waals surface area contributed by atoms with E-state index in [1.165, 1.54) is 57.8 Å². The topological polar surface area (TPSA) is 38.7 Å². The van der Waals surface area contributed by atoms with Crippen LogP contribution in [0.4, 0.5) is 0 Å². The quantitative estimate of drug-likeness (QED) is 0.793.